The van der Waals surface area contributed by atoms with Gasteiger partial charge in [-0.15, -0.1) is 0 Å². The number of aliphatic hydroxyl groups excluding tert-OH is 1. The van der Waals surface area contributed by atoms with Gasteiger partial charge in [0.25, 0.3) is 0 Å². The molecule has 0 aliphatic carbocycles. The highest BCUT2D eigenvalue weighted by atomic mass is 35.5. The Kier molecular flexibility index (Phi) is 6.82. The van der Waals surface area contributed by atoms with E-state index in [-0.39, 0.29) is 12.6 Å². The lowest BCUT2D eigenvalue weighted by Crippen LogP contribution is -2.37. The van der Waals surface area contributed by atoms with Crippen LogP contribution < -0.4 is 5.32 Å². The summed E-state index contributed by atoms with van der Waals surface area (Å²) in [5.74, 6) is 0. The maximum absolute atomic E-state index is 12.2. The molecule has 0 radical (unpaired) electrons. The number of hydrogen-bond acceptors (Lipinski definition) is 2. The van der Waals surface area contributed by atoms with Crippen LogP contribution in [0, 0.1) is 0 Å². The summed E-state index contributed by atoms with van der Waals surface area (Å²) in [5, 5.41) is 12.6. The van der Waals surface area contributed by atoms with E-state index in [4.69, 9.17) is 16.7 Å². The van der Waals surface area contributed by atoms with Crippen LogP contribution in [0.3, 0.4) is 0 Å². The first-order chi connectivity index (χ1) is 9.58. The molecule has 0 aliphatic heterocycles. The lowest BCUT2D eigenvalue weighted by molar-refractivity contribution is 0.192. The Balaban J connectivity index is 3.06. The average molecular weight is 299 g/mol. The second-order valence-corrected chi connectivity index (χ2v) is 4.91. The summed E-state index contributed by atoms with van der Waals surface area (Å²) in [6, 6.07) is 3.62. The zero-order valence-corrected chi connectivity index (χ0v) is 13.1. The summed E-state index contributed by atoms with van der Waals surface area (Å²) in [6.07, 6.45) is 1.58. The van der Waals surface area contributed by atoms with Crippen molar-refractivity contribution in [2.24, 2.45) is 0 Å². The quantitative estimate of drug-likeness (QED) is 0.846. The lowest BCUT2D eigenvalue weighted by atomic mass is 10.0. The SMILES string of the molecule is CCc1ccc(Cl)c(CC)c1NC(=O)N(CC)CCO. The van der Waals surface area contributed by atoms with E-state index in [2.05, 4.69) is 5.32 Å². The van der Waals surface area contributed by atoms with Gasteiger partial charge in [0.1, 0.15) is 0 Å². The number of amides is 2. The predicted octanol–water partition coefficient (Wildman–Crippen LogP) is 3.31. The second kappa shape index (κ2) is 8.12. The molecule has 20 heavy (non-hydrogen) atoms. The maximum atomic E-state index is 12.2. The lowest BCUT2D eigenvalue weighted by Gasteiger charge is -2.23. The van der Waals surface area contributed by atoms with Crippen LogP contribution in [0.15, 0.2) is 12.1 Å². The highest BCUT2D eigenvalue weighted by Crippen LogP contribution is 2.29. The van der Waals surface area contributed by atoms with Crippen LogP contribution in [-0.2, 0) is 12.8 Å². The molecule has 0 aliphatic rings. The van der Waals surface area contributed by atoms with Crippen LogP contribution in [0.25, 0.3) is 0 Å². The Morgan fingerprint density at radius 2 is 2.00 bits per heavy atom. The van der Waals surface area contributed by atoms with Crippen molar-refractivity contribution in [3.8, 4) is 0 Å². The molecule has 4 nitrogen and oxygen atoms in total. The third-order valence-corrected chi connectivity index (χ3v) is 3.70. The van der Waals surface area contributed by atoms with Gasteiger partial charge in [0, 0.05) is 18.1 Å². The first-order valence-electron chi connectivity index (χ1n) is 7.05. The molecule has 5 heteroatoms. The zero-order chi connectivity index (χ0) is 15.1. The summed E-state index contributed by atoms with van der Waals surface area (Å²) >= 11 is 6.21. The summed E-state index contributed by atoms with van der Waals surface area (Å²) in [4.78, 5) is 13.8. The number of aryl methyl sites for hydroxylation is 1. The highest BCUT2D eigenvalue weighted by Gasteiger charge is 2.16. The molecule has 1 aromatic carbocycles. The monoisotopic (exact) mass is 298 g/mol. The minimum absolute atomic E-state index is 0.0436. The number of benzene rings is 1. The van der Waals surface area contributed by atoms with Crippen molar-refractivity contribution in [2.75, 3.05) is 25.0 Å². The fourth-order valence-electron chi connectivity index (χ4n) is 2.18. The van der Waals surface area contributed by atoms with Crippen molar-refractivity contribution >= 4 is 23.3 Å². The van der Waals surface area contributed by atoms with Gasteiger partial charge in [0.05, 0.1) is 12.3 Å². The molecule has 0 saturated heterocycles. The Hall–Kier alpha value is -1.26. The van der Waals surface area contributed by atoms with Crippen molar-refractivity contribution in [2.45, 2.75) is 33.6 Å². The van der Waals surface area contributed by atoms with Crippen LogP contribution in [0.2, 0.25) is 5.02 Å². The smallest absolute Gasteiger partial charge is 0.321 e. The molecule has 0 saturated carbocycles. The zero-order valence-electron chi connectivity index (χ0n) is 12.4. The number of likely N-dealkylation sites (N-methyl/N-ethyl adjacent to an activating group) is 1. The predicted molar refractivity (Wildman–Crippen MR) is 83.6 cm³/mol. The highest BCUT2D eigenvalue weighted by molar-refractivity contribution is 6.31. The van der Waals surface area contributed by atoms with E-state index < -0.39 is 0 Å². The number of nitrogens with zero attached hydrogens (tertiary/aromatic N) is 1. The molecule has 0 fully saturated rings. The fraction of sp³-hybridized carbons (Fsp3) is 0.533. The van der Waals surface area contributed by atoms with E-state index >= 15 is 0 Å². The molecule has 0 unspecified atom stereocenters. The van der Waals surface area contributed by atoms with Gasteiger partial charge in [0.15, 0.2) is 0 Å². The molecule has 1 aromatic rings. The van der Waals surface area contributed by atoms with Crippen molar-refractivity contribution in [1.29, 1.82) is 0 Å². The molecule has 0 heterocycles. The summed E-state index contributed by atoms with van der Waals surface area (Å²) in [7, 11) is 0. The van der Waals surface area contributed by atoms with E-state index in [9.17, 15) is 4.79 Å². The summed E-state index contributed by atoms with van der Waals surface area (Å²) in [6.45, 7) is 6.78. The topological polar surface area (TPSA) is 52.6 Å². The molecule has 0 atom stereocenters. The molecule has 1 rings (SSSR count). The van der Waals surface area contributed by atoms with Gasteiger partial charge in [-0.25, -0.2) is 4.79 Å². The van der Waals surface area contributed by atoms with Crippen molar-refractivity contribution in [3.63, 3.8) is 0 Å². The number of hydrogen-bond donors (Lipinski definition) is 2. The van der Waals surface area contributed by atoms with Crippen molar-refractivity contribution < 1.29 is 9.90 Å². The third kappa shape index (κ3) is 3.87. The first-order valence-corrected chi connectivity index (χ1v) is 7.43. The van der Waals surface area contributed by atoms with E-state index in [1.165, 1.54) is 0 Å². The van der Waals surface area contributed by atoms with Gasteiger partial charge < -0.3 is 15.3 Å². The van der Waals surface area contributed by atoms with E-state index in [1.807, 2.05) is 32.9 Å². The fourth-order valence-corrected chi connectivity index (χ4v) is 2.47. The first kappa shape index (κ1) is 16.8. The van der Waals surface area contributed by atoms with Gasteiger partial charge in [-0.05, 0) is 37.0 Å². The minimum atomic E-state index is -0.201. The van der Waals surface area contributed by atoms with Gasteiger partial charge in [-0.3, -0.25) is 0 Å². The van der Waals surface area contributed by atoms with E-state index in [1.54, 1.807) is 4.90 Å². The van der Waals surface area contributed by atoms with Crippen LogP contribution in [0.1, 0.15) is 31.9 Å². The molecular weight excluding hydrogens is 276 g/mol. The Morgan fingerprint density at radius 3 is 2.50 bits per heavy atom. The molecular formula is C15H23ClN2O2. The Morgan fingerprint density at radius 1 is 1.30 bits per heavy atom. The Bertz CT molecular complexity index is 463. The van der Waals surface area contributed by atoms with Crippen LogP contribution in [0.4, 0.5) is 10.5 Å². The number of halogens is 1. The van der Waals surface area contributed by atoms with Gasteiger partial charge >= 0.3 is 6.03 Å². The minimum Gasteiger partial charge on any atom is -0.395 e. The van der Waals surface area contributed by atoms with Crippen molar-refractivity contribution in [1.82, 2.24) is 4.90 Å². The van der Waals surface area contributed by atoms with Crippen molar-refractivity contribution in [3.05, 3.63) is 28.3 Å². The Labute approximate surface area is 125 Å². The number of aliphatic hydroxyl groups is 1. The van der Waals surface area contributed by atoms with Gasteiger partial charge in [-0.2, -0.15) is 0 Å². The molecule has 0 aromatic heterocycles. The molecule has 0 spiro atoms. The number of urea groups is 1. The van der Waals surface area contributed by atoms with E-state index in [0.717, 1.165) is 29.7 Å². The normalized spacial score (nSPS) is 10.4. The molecule has 0 bridgehead atoms. The number of nitrogens with one attached hydrogen (secondary N) is 1. The average Bonchev–Trinajstić information content (AvgIpc) is 2.45. The van der Waals surface area contributed by atoms with Crippen LogP contribution in [-0.4, -0.2) is 35.7 Å². The molecule has 112 valence electrons. The number of carbonyl (C=O) groups is 1. The third-order valence-electron chi connectivity index (χ3n) is 3.35. The maximum Gasteiger partial charge on any atom is 0.321 e. The number of rotatable bonds is 6. The van der Waals surface area contributed by atoms with E-state index in [0.29, 0.717) is 18.1 Å². The second-order valence-electron chi connectivity index (χ2n) is 4.50. The molecule has 2 N–H and O–H groups in total. The largest absolute Gasteiger partial charge is 0.395 e. The standard InChI is InChI=1S/C15H23ClN2O2/c1-4-11-7-8-13(16)12(5-2)14(11)17-15(20)18(6-3)9-10-19/h7-8,19H,4-6,9-10H2,1-3H3,(H,17,20). The summed E-state index contributed by atoms with van der Waals surface area (Å²) in [5.41, 5.74) is 2.84. The van der Waals surface area contributed by atoms with Crippen LogP contribution >= 0.6 is 11.6 Å². The van der Waals surface area contributed by atoms with Crippen LogP contribution in [0.5, 0.6) is 0 Å². The number of carbonyl (C=O) groups excluding carboxylic acids is 1. The number of anilines is 1. The summed E-state index contributed by atoms with van der Waals surface area (Å²) < 4.78 is 0. The molecule has 2 amide bonds. The van der Waals surface area contributed by atoms with Gasteiger partial charge in [0.2, 0.25) is 0 Å². The van der Waals surface area contributed by atoms with Gasteiger partial charge in [-0.1, -0.05) is 31.5 Å².